The minimum atomic E-state index is -4.46. The first kappa shape index (κ1) is 21.9. The number of urea groups is 1. The van der Waals surface area contributed by atoms with E-state index in [2.05, 4.69) is 31.4 Å². The van der Waals surface area contributed by atoms with Crippen molar-refractivity contribution in [3.05, 3.63) is 29.7 Å². The fraction of sp³-hybridized carbons (Fsp3) is 0.450. The van der Waals surface area contributed by atoms with Crippen LogP contribution in [0, 0.1) is 0 Å². The van der Waals surface area contributed by atoms with E-state index in [-0.39, 0.29) is 41.3 Å². The van der Waals surface area contributed by atoms with E-state index in [9.17, 15) is 22.4 Å². The molecule has 2 aromatic heterocycles. The van der Waals surface area contributed by atoms with Gasteiger partial charge in [0, 0.05) is 13.1 Å². The van der Waals surface area contributed by atoms with Crippen LogP contribution in [0.1, 0.15) is 23.9 Å². The van der Waals surface area contributed by atoms with Gasteiger partial charge in [-0.3, -0.25) is 0 Å². The number of nitrogens with zero attached hydrogens (tertiary/aromatic N) is 2. The summed E-state index contributed by atoms with van der Waals surface area (Å²) in [6.07, 6.45) is -6.18. The van der Waals surface area contributed by atoms with Crippen LogP contribution in [-0.2, 0) is 6.42 Å². The number of alkyl halides is 4. The van der Waals surface area contributed by atoms with Crippen LogP contribution < -0.4 is 21.3 Å². The molecule has 13 heteroatoms. The van der Waals surface area contributed by atoms with E-state index in [1.165, 1.54) is 0 Å². The van der Waals surface area contributed by atoms with Gasteiger partial charge in [0.1, 0.15) is 12.2 Å². The molecule has 5 rings (SSSR count). The molecule has 0 spiro atoms. The number of rotatable bonds is 5. The first-order chi connectivity index (χ1) is 15.8. The van der Waals surface area contributed by atoms with E-state index in [4.69, 9.17) is 4.52 Å². The molecule has 4 N–H and O–H groups in total. The molecule has 0 aliphatic carbocycles. The molecule has 176 valence electrons. The van der Waals surface area contributed by atoms with Crippen LogP contribution in [-0.4, -0.2) is 54.2 Å². The van der Waals surface area contributed by atoms with Gasteiger partial charge in [-0.1, -0.05) is 17.3 Å². The Labute approximate surface area is 189 Å². The summed E-state index contributed by atoms with van der Waals surface area (Å²) in [4.78, 5) is 15.9. The largest absolute Gasteiger partial charge is 0.393 e. The molecule has 33 heavy (non-hydrogen) atoms. The molecule has 3 aromatic rings. The quantitative estimate of drug-likeness (QED) is 0.413. The van der Waals surface area contributed by atoms with E-state index >= 15 is 0 Å². The molecule has 0 saturated carbocycles. The lowest BCUT2D eigenvalue weighted by Crippen LogP contribution is -2.45. The molecule has 4 heterocycles. The topological polar surface area (TPSA) is 104 Å². The Kier molecular flexibility index (Phi) is 5.60. The number of hydrogen-bond acceptors (Lipinski definition) is 7. The average Bonchev–Trinajstić information content (AvgIpc) is 3.48. The zero-order valence-electron chi connectivity index (χ0n) is 17.1. The molecule has 8 nitrogen and oxygen atoms in total. The Hall–Kier alpha value is -2.93. The Bertz CT molecular complexity index is 1180. The lowest BCUT2D eigenvalue weighted by Gasteiger charge is -2.28. The summed E-state index contributed by atoms with van der Waals surface area (Å²) in [6, 6.07) is 3.60. The number of carbonyl (C=O) groups excluding carboxylic acids is 1. The Balaban J connectivity index is 1.55. The summed E-state index contributed by atoms with van der Waals surface area (Å²) in [6.45, 7) is 1.11. The third-order valence-corrected chi connectivity index (χ3v) is 6.94. The Morgan fingerprint density at radius 2 is 2.12 bits per heavy atom. The predicted octanol–water partition coefficient (Wildman–Crippen LogP) is 3.52. The number of fused-ring (bicyclic) bond motifs is 1. The van der Waals surface area contributed by atoms with E-state index in [1.54, 1.807) is 18.2 Å². The van der Waals surface area contributed by atoms with Crippen molar-refractivity contribution in [1.29, 1.82) is 0 Å². The third-order valence-electron chi connectivity index (χ3n) is 5.66. The van der Waals surface area contributed by atoms with Crippen molar-refractivity contribution in [2.24, 2.45) is 0 Å². The maximum Gasteiger partial charge on any atom is 0.393 e. The first-order valence-electron chi connectivity index (χ1n) is 10.4. The summed E-state index contributed by atoms with van der Waals surface area (Å²) in [5.74, 6) is 0.120. The molecular formula is C20H20F4N6O2S. The number of anilines is 1. The van der Waals surface area contributed by atoms with Crippen LogP contribution in [0.4, 0.5) is 28.0 Å². The standard InChI is InChI=1S/C20H20F4N6O2S/c21-11-7-25-5-4-12(11)27-13-3-1-2-9-10(6-20(22,23)24)16(33-15(9)13)17-29-18(32-30-17)14-8-26-19(31)28-14/h1-3,11-12,14,25,27H,4-8H2,(H2,26,28,31)/t11-,12+,14+/m0/s1. The lowest BCUT2D eigenvalue weighted by atomic mass is 10.0. The number of carbonyl (C=O) groups is 1. The van der Waals surface area contributed by atoms with Gasteiger partial charge in [-0.05, 0) is 30.0 Å². The first-order valence-corrected chi connectivity index (χ1v) is 11.2. The fourth-order valence-corrected chi connectivity index (χ4v) is 5.32. The molecule has 1 aromatic carbocycles. The Morgan fingerprint density at radius 3 is 2.85 bits per heavy atom. The van der Waals surface area contributed by atoms with Crippen LogP contribution in [0.3, 0.4) is 0 Å². The second-order valence-electron chi connectivity index (χ2n) is 8.01. The smallest absolute Gasteiger partial charge is 0.378 e. The van der Waals surface area contributed by atoms with Gasteiger partial charge in [-0.2, -0.15) is 18.2 Å². The van der Waals surface area contributed by atoms with Crippen LogP contribution in [0.15, 0.2) is 22.7 Å². The maximum atomic E-state index is 14.3. The molecule has 2 amide bonds. The van der Waals surface area contributed by atoms with Gasteiger partial charge in [-0.25, -0.2) is 9.18 Å². The highest BCUT2D eigenvalue weighted by atomic mass is 32.1. The highest BCUT2D eigenvalue weighted by molar-refractivity contribution is 7.23. The zero-order valence-corrected chi connectivity index (χ0v) is 17.9. The number of piperidine rings is 1. The van der Waals surface area contributed by atoms with Crippen molar-refractivity contribution in [1.82, 2.24) is 26.1 Å². The van der Waals surface area contributed by atoms with Crippen molar-refractivity contribution >= 4 is 33.1 Å². The number of hydrogen-bond donors (Lipinski definition) is 4. The zero-order chi connectivity index (χ0) is 23.2. The normalized spacial score (nSPS) is 23.5. The van der Waals surface area contributed by atoms with E-state index in [0.29, 0.717) is 28.7 Å². The second-order valence-corrected chi connectivity index (χ2v) is 9.03. The molecule has 2 aliphatic heterocycles. The number of benzene rings is 1. The van der Waals surface area contributed by atoms with Crippen LogP contribution >= 0.6 is 11.3 Å². The molecule has 0 radical (unpaired) electrons. The third kappa shape index (κ3) is 4.47. The van der Waals surface area contributed by atoms with E-state index in [1.807, 2.05) is 0 Å². The van der Waals surface area contributed by atoms with Crippen molar-refractivity contribution in [3.8, 4) is 10.7 Å². The Morgan fingerprint density at radius 1 is 1.27 bits per heavy atom. The van der Waals surface area contributed by atoms with Gasteiger partial charge in [0.05, 0.1) is 27.7 Å². The van der Waals surface area contributed by atoms with Gasteiger partial charge in [-0.15, -0.1) is 11.3 Å². The van der Waals surface area contributed by atoms with Crippen molar-refractivity contribution in [2.75, 3.05) is 25.0 Å². The summed E-state index contributed by atoms with van der Waals surface area (Å²) >= 11 is 1.10. The number of halogens is 4. The van der Waals surface area contributed by atoms with Gasteiger partial charge in [0.15, 0.2) is 0 Å². The van der Waals surface area contributed by atoms with Crippen LogP contribution in [0.25, 0.3) is 20.8 Å². The monoisotopic (exact) mass is 484 g/mol. The predicted molar refractivity (Wildman–Crippen MR) is 114 cm³/mol. The molecule has 2 aliphatic rings. The minimum Gasteiger partial charge on any atom is -0.378 e. The molecule has 3 atom stereocenters. The van der Waals surface area contributed by atoms with Crippen LogP contribution in [0.2, 0.25) is 0 Å². The molecular weight excluding hydrogens is 464 g/mol. The van der Waals surface area contributed by atoms with Gasteiger partial charge in [0.2, 0.25) is 5.82 Å². The molecule has 0 bridgehead atoms. The van der Waals surface area contributed by atoms with Crippen molar-refractivity contribution in [2.45, 2.75) is 37.3 Å². The highest BCUT2D eigenvalue weighted by Crippen LogP contribution is 2.44. The summed E-state index contributed by atoms with van der Waals surface area (Å²) in [5.41, 5.74) is 0.604. The van der Waals surface area contributed by atoms with Crippen LogP contribution in [0.5, 0.6) is 0 Å². The van der Waals surface area contributed by atoms with Crippen molar-refractivity contribution < 1.29 is 26.9 Å². The number of aromatic nitrogens is 2. The molecule has 2 saturated heterocycles. The summed E-state index contributed by atoms with van der Waals surface area (Å²) < 4.78 is 60.6. The number of nitrogens with one attached hydrogen (secondary N) is 4. The molecule has 0 unspecified atom stereocenters. The summed E-state index contributed by atoms with van der Waals surface area (Å²) in [5, 5.41) is 15.6. The average molecular weight is 484 g/mol. The van der Waals surface area contributed by atoms with Crippen molar-refractivity contribution in [3.63, 3.8) is 0 Å². The van der Waals surface area contributed by atoms with Gasteiger partial charge < -0.3 is 25.8 Å². The minimum absolute atomic E-state index is 0.0165. The SMILES string of the molecule is O=C1NC[C@H](c2nc(-c3sc4c(N[C@@H]5CCNC[C@@H]5F)cccc4c3CC(F)(F)F)no2)N1. The fourth-order valence-electron chi connectivity index (χ4n) is 4.10. The number of thiophene rings is 1. The molecule has 2 fully saturated rings. The van der Waals surface area contributed by atoms with Gasteiger partial charge in [0.25, 0.3) is 5.89 Å². The van der Waals surface area contributed by atoms with E-state index < -0.39 is 30.9 Å². The van der Waals surface area contributed by atoms with E-state index in [0.717, 1.165) is 11.3 Å². The second kappa shape index (κ2) is 8.45. The lowest BCUT2D eigenvalue weighted by molar-refractivity contribution is -0.126. The maximum absolute atomic E-state index is 14.3. The number of amides is 2. The summed E-state index contributed by atoms with van der Waals surface area (Å²) in [7, 11) is 0. The highest BCUT2D eigenvalue weighted by Gasteiger charge is 2.34. The van der Waals surface area contributed by atoms with Gasteiger partial charge >= 0.3 is 12.2 Å².